The quantitative estimate of drug-likeness (QED) is 0.699. The summed E-state index contributed by atoms with van der Waals surface area (Å²) < 4.78 is 22.0. The average Bonchev–Trinajstić information content (AvgIpc) is 2.66. The highest BCUT2D eigenvalue weighted by Crippen LogP contribution is 2.28. The van der Waals surface area contributed by atoms with Gasteiger partial charge in [-0.3, -0.25) is 0 Å². The van der Waals surface area contributed by atoms with Crippen LogP contribution in [-0.4, -0.2) is 68.7 Å². The zero-order chi connectivity index (χ0) is 21.4. The molecule has 1 aliphatic heterocycles. The van der Waals surface area contributed by atoms with Crippen LogP contribution in [0.1, 0.15) is 32.4 Å². The van der Waals surface area contributed by atoms with Crippen LogP contribution in [0.4, 0.5) is 9.59 Å². The third kappa shape index (κ3) is 7.72. The van der Waals surface area contributed by atoms with Crippen LogP contribution < -0.4 is 5.32 Å². The summed E-state index contributed by atoms with van der Waals surface area (Å²) in [5.74, 6) is 0. The van der Waals surface area contributed by atoms with Gasteiger partial charge in [-0.25, -0.2) is 9.59 Å². The Morgan fingerprint density at radius 1 is 1.38 bits per heavy atom. The molecule has 2 rings (SSSR count). The Hall–Kier alpha value is -2.03. The molecule has 1 saturated heterocycles. The predicted molar refractivity (Wildman–Crippen MR) is 108 cm³/mol. The van der Waals surface area contributed by atoms with E-state index in [2.05, 4.69) is 10.1 Å². The Balaban J connectivity index is 2.08. The lowest BCUT2D eigenvalue weighted by atomic mass is 10.0. The lowest BCUT2D eigenvalue weighted by molar-refractivity contribution is -0.112. The molecule has 1 heterocycles. The normalized spacial score (nSPS) is 18.1. The van der Waals surface area contributed by atoms with Gasteiger partial charge < -0.3 is 29.2 Å². The first kappa shape index (κ1) is 23.3. The van der Waals surface area contributed by atoms with Crippen LogP contribution in [0.25, 0.3) is 0 Å². The molecule has 0 saturated carbocycles. The van der Waals surface area contributed by atoms with E-state index in [-0.39, 0.29) is 19.2 Å². The number of nitrogens with one attached hydrogen (secondary N) is 1. The molecular formula is C20H29ClN2O6. The van der Waals surface area contributed by atoms with E-state index in [0.717, 1.165) is 5.56 Å². The highest BCUT2D eigenvalue weighted by Gasteiger charge is 2.34. The summed E-state index contributed by atoms with van der Waals surface area (Å²) in [6.07, 6.45) is -1.80. The second-order valence-corrected chi connectivity index (χ2v) is 8.04. The first-order valence-electron chi connectivity index (χ1n) is 9.48. The number of rotatable bonds is 6. The van der Waals surface area contributed by atoms with Gasteiger partial charge in [0.25, 0.3) is 0 Å². The van der Waals surface area contributed by atoms with Crippen molar-refractivity contribution in [2.75, 3.05) is 40.0 Å². The average molecular weight is 429 g/mol. The zero-order valence-corrected chi connectivity index (χ0v) is 18.0. The molecule has 0 aromatic heterocycles. The van der Waals surface area contributed by atoms with Gasteiger partial charge in [-0.05, 0) is 38.5 Å². The van der Waals surface area contributed by atoms with Crippen molar-refractivity contribution < 1.29 is 28.5 Å². The van der Waals surface area contributed by atoms with E-state index < -0.39 is 23.9 Å². The molecule has 1 aromatic rings. The summed E-state index contributed by atoms with van der Waals surface area (Å²) in [7, 11) is 1.30. The van der Waals surface area contributed by atoms with Crippen molar-refractivity contribution in [1.82, 2.24) is 10.2 Å². The maximum absolute atomic E-state index is 12.5. The van der Waals surface area contributed by atoms with Crippen molar-refractivity contribution in [3.63, 3.8) is 0 Å². The van der Waals surface area contributed by atoms with Crippen molar-refractivity contribution in [1.29, 1.82) is 0 Å². The second kappa shape index (κ2) is 10.7. The topological polar surface area (TPSA) is 86.3 Å². The molecule has 0 radical (unpaired) electrons. The summed E-state index contributed by atoms with van der Waals surface area (Å²) in [6.45, 7) is 7.11. The zero-order valence-electron chi connectivity index (χ0n) is 17.3. The first-order valence-corrected chi connectivity index (χ1v) is 9.86. The molecule has 29 heavy (non-hydrogen) atoms. The van der Waals surface area contributed by atoms with Crippen molar-refractivity contribution in [2.24, 2.45) is 0 Å². The molecule has 1 unspecified atom stereocenters. The summed E-state index contributed by atoms with van der Waals surface area (Å²) in [6, 6.07) is 7.29. The molecule has 0 spiro atoms. The molecule has 1 aliphatic rings. The number of hydrogen-bond acceptors (Lipinski definition) is 6. The minimum Gasteiger partial charge on any atom is -0.453 e. The third-order valence-electron chi connectivity index (χ3n) is 4.11. The molecule has 0 aliphatic carbocycles. The number of halogens is 1. The first-order chi connectivity index (χ1) is 13.7. The molecular weight excluding hydrogens is 400 g/mol. The third-order valence-corrected chi connectivity index (χ3v) is 4.35. The van der Waals surface area contributed by atoms with Crippen LogP contribution in [0.3, 0.4) is 0 Å². The lowest BCUT2D eigenvalue weighted by Crippen LogP contribution is -2.49. The predicted octanol–water partition coefficient (Wildman–Crippen LogP) is 3.39. The van der Waals surface area contributed by atoms with Crippen LogP contribution in [0.15, 0.2) is 24.3 Å². The van der Waals surface area contributed by atoms with Crippen LogP contribution in [-0.2, 0) is 18.9 Å². The number of benzene rings is 1. The van der Waals surface area contributed by atoms with Crippen molar-refractivity contribution in [2.45, 2.75) is 38.6 Å². The van der Waals surface area contributed by atoms with Crippen molar-refractivity contribution in [3.8, 4) is 0 Å². The molecule has 162 valence electrons. The Kier molecular flexibility index (Phi) is 8.55. The molecule has 1 N–H and O–H groups in total. The summed E-state index contributed by atoms with van der Waals surface area (Å²) in [5, 5.41) is 3.14. The monoisotopic (exact) mass is 428 g/mol. The number of carbonyl (C=O) groups excluding carboxylic acids is 2. The maximum atomic E-state index is 12.5. The molecule has 2 amide bonds. The van der Waals surface area contributed by atoms with Gasteiger partial charge in [0.1, 0.15) is 17.8 Å². The lowest BCUT2D eigenvalue weighted by Gasteiger charge is -2.37. The number of alkyl carbamates (subject to hydrolysis) is 1. The van der Waals surface area contributed by atoms with Gasteiger partial charge >= 0.3 is 12.2 Å². The highest BCUT2D eigenvalue weighted by molar-refractivity contribution is 6.30. The van der Waals surface area contributed by atoms with Gasteiger partial charge in [0.15, 0.2) is 0 Å². The van der Waals surface area contributed by atoms with Gasteiger partial charge in [-0.15, -0.1) is 0 Å². The number of carbonyl (C=O) groups is 2. The molecule has 0 bridgehead atoms. The van der Waals surface area contributed by atoms with Crippen LogP contribution in [0.5, 0.6) is 0 Å². The standard InChI is InChI=1S/C20H29ClN2O6/c1-20(2,3)29-19(25)23-9-11-27-16(13-23)17(14-6-5-7-15(21)12-14)28-10-8-22-18(24)26-4/h5-7,12,16-17H,8-11,13H2,1-4H3,(H,22,24)/t16?,17-/m0/s1. The smallest absolute Gasteiger partial charge is 0.410 e. The Bertz CT molecular complexity index is 694. The van der Waals surface area contributed by atoms with Crippen molar-refractivity contribution in [3.05, 3.63) is 34.9 Å². The molecule has 1 aromatic carbocycles. The van der Waals surface area contributed by atoms with Crippen LogP contribution in [0.2, 0.25) is 5.02 Å². The highest BCUT2D eigenvalue weighted by atomic mass is 35.5. The maximum Gasteiger partial charge on any atom is 0.410 e. The van der Waals surface area contributed by atoms with E-state index in [4.69, 9.17) is 25.8 Å². The van der Waals surface area contributed by atoms with E-state index in [9.17, 15) is 9.59 Å². The molecule has 8 nitrogen and oxygen atoms in total. The van der Waals surface area contributed by atoms with Crippen molar-refractivity contribution >= 4 is 23.8 Å². The minimum atomic E-state index is -0.576. The van der Waals surface area contributed by atoms with E-state index in [0.29, 0.717) is 24.7 Å². The number of nitrogens with zero attached hydrogens (tertiary/aromatic N) is 1. The Labute approximate surface area is 176 Å². The number of ether oxygens (including phenoxy) is 4. The Morgan fingerprint density at radius 2 is 2.14 bits per heavy atom. The summed E-state index contributed by atoms with van der Waals surface area (Å²) >= 11 is 6.15. The number of hydrogen-bond donors (Lipinski definition) is 1. The van der Waals surface area contributed by atoms with Crippen LogP contribution >= 0.6 is 11.6 Å². The fourth-order valence-electron chi connectivity index (χ4n) is 2.86. The van der Waals surface area contributed by atoms with Crippen LogP contribution in [0, 0.1) is 0 Å². The molecule has 9 heteroatoms. The summed E-state index contributed by atoms with van der Waals surface area (Å²) in [4.78, 5) is 25.3. The fraction of sp³-hybridized carbons (Fsp3) is 0.600. The van der Waals surface area contributed by atoms with E-state index >= 15 is 0 Å². The number of methoxy groups -OCH3 is 1. The van der Waals surface area contributed by atoms with E-state index in [1.54, 1.807) is 17.0 Å². The minimum absolute atomic E-state index is 0.235. The van der Waals surface area contributed by atoms with Gasteiger partial charge in [0, 0.05) is 18.1 Å². The molecule has 1 fully saturated rings. The van der Waals surface area contributed by atoms with E-state index in [1.807, 2.05) is 32.9 Å². The van der Waals surface area contributed by atoms with E-state index in [1.165, 1.54) is 7.11 Å². The second-order valence-electron chi connectivity index (χ2n) is 7.60. The van der Waals surface area contributed by atoms with Gasteiger partial charge in [0.2, 0.25) is 0 Å². The number of morpholine rings is 1. The summed E-state index contributed by atoms with van der Waals surface area (Å²) in [5.41, 5.74) is 0.249. The number of amides is 2. The fourth-order valence-corrected chi connectivity index (χ4v) is 3.06. The van der Waals surface area contributed by atoms with Gasteiger partial charge in [-0.1, -0.05) is 23.7 Å². The largest absolute Gasteiger partial charge is 0.453 e. The van der Waals surface area contributed by atoms with Gasteiger partial charge in [0.05, 0.1) is 26.9 Å². The molecule has 2 atom stereocenters. The Morgan fingerprint density at radius 3 is 2.79 bits per heavy atom. The van der Waals surface area contributed by atoms with Gasteiger partial charge in [-0.2, -0.15) is 0 Å². The SMILES string of the molecule is COC(=O)NCCO[C@@H](c1cccc(Cl)c1)C1CN(C(=O)OC(C)(C)C)CCO1.